The molecule has 0 amide bonds. The second-order valence-electron chi connectivity index (χ2n) is 2.26. The molecule has 0 radical (unpaired) electrons. The van der Waals surface area contributed by atoms with Gasteiger partial charge in [-0.05, 0) is 6.92 Å². The van der Waals surface area contributed by atoms with E-state index in [1.807, 2.05) is 19.1 Å². The van der Waals surface area contributed by atoms with Crippen molar-refractivity contribution in [1.82, 2.24) is 0 Å². The van der Waals surface area contributed by atoms with E-state index in [9.17, 15) is 0 Å². The summed E-state index contributed by atoms with van der Waals surface area (Å²) in [6.07, 6.45) is 16.8. The minimum absolute atomic E-state index is 0. The Bertz CT molecular complexity index is 185. The Morgan fingerprint density at radius 2 is 1.73 bits per heavy atom. The predicted octanol–water partition coefficient (Wildman–Crippen LogP) is 2.86. The standard InChI is InChI=1S/C10H12.Ti/c1-2-3-4-7-10-8-5-6-9-10;/h2-10H,1H3;. The summed E-state index contributed by atoms with van der Waals surface area (Å²) in [6.45, 7) is 2.02. The molecule has 0 saturated carbocycles. The summed E-state index contributed by atoms with van der Waals surface area (Å²) in [5.74, 6) is 0.524. The number of rotatable bonds is 2. The Hall–Kier alpha value is -0.326. The summed E-state index contributed by atoms with van der Waals surface area (Å²) in [5, 5.41) is 0. The minimum Gasteiger partial charge on any atom is -0.0877 e. The van der Waals surface area contributed by atoms with Crippen LogP contribution in [0.4, 0.5) is 0 Å². The summed E-state index contributed by atoms with van der Waals surface area (Å²) >= 11 is 0. The van der Waals surface area contributed by atoms with Crippen LogP contribution in [-0.4, -0.2) is 0 Å². The van der Waals surface area contributed by atoms with Gasteiger partial charge in [-0.2, -0.15) is 0 Å². The van der Waals surface area contributed by atoms with Crippen LogP contribution in [0.25, 0.3) is 0 Å². The van der Waals surface area contributed by atoms with E-state index in [4.69, 9.17) is 0 Å². The maximum absolute atomic E-state index is 2.17. The van der Waals surface area contributed by atoms with Gasteiger partial charge in [0, 0.05) is 27.6 Å². The molecule has 0 aromatic rings. The first-order valence-electron chi connectivity index (χ1n) is 3.58. The fourth-order valence-electron chi connectivity index (χ4n) is 0.881. The monoisotopic (exact) mass is 180 g/mol. The van der Waals surface area contributed by atoms with Gasteiger partial charge >= 0.3 is 0 Å². The Kier molecular flexibility index (Phi) is 6.20. The molecule has 0 atom stereocenters. The van der Waals surface area contributed by atoms with Gasteiger partial charge in [0.15, 0.2) is 0 Å². The van der Waals surface area contributed by atoms with Crippen molar-refractivity contribution in [3.05, 3.63) is 48.6 Å². The van der Waals surface area contributed by atoms with E-state index < -0.39 is 0 Å². The van der Waals surface area contributed by atoms with Gasteiger partial charge in [-0.25, -0.2) is 0 Å². The molecule has 1 aliphatic rings. The fourth-order valence-corrected chi connectivity index (χ4v) is 0.881. The van der Waals surface area contributed by atoms with Crippen molar-refractivity contribution >= 4 is 0 Å². The molecule has 1 aliphatic carbocycles. The van der Waals surface area contributed by atoms with E-state index in [1.165, 1.54) is 0 Å². The van der Waals surface area contributed by atoms with Crippen LogP contribution >= 0.6 is 0 Å². The average molecular weight is 180 g/mol. The predicted molar refractivity (Wildman–Crippen MR) is 45.7 cm³/mol. The van der Waals surface area contributed by atoms with Crippen LogP contribution in [0.15, 0.2) is 48.6 Å². The Morgan fingerprint density at radius 3 is 2.27 bits per heavy atom. The molecule has 0 spiro atoms. The number of hydrogen-bond donors (Lipinski definition) is 0. The normalized spacial score (nSPS) is 16.8. The van der Waals surface area contributed by atoms with E-state index >= 15 is 0 Å². The third kappa shape index (κ3) is 4.18. The second-order valence-corrected chi connectivity index (χ2v) is 2.26. The zero-order chi connectivity index (χ0) is 7.23. The zero-order valence-electron chi connectivity index (χ0n) is 6.70. The summed E-state index contributed by atoms with van der Waals surface area (Å²) in [4.78, 5) is 0. The van der Waals surface area contributed by atoms with Crippen molar-refractivity contribution in [2.45, 2.75) is 6.92 Å². The van der Waals surface area contributed by atoms with Crippen molar-refractivity contribution in [2.24, 2.45) is 5.92 Å². The largest absolute Gasteiger partial charge is 0.0877 e. The van der Waals surface area contributed by atoms with Gasteiger partial charge in [0.2, 0.25) is 0 Å². The smallest absolute Gasteiger partial charge is 0.0136 e. The van der Waals surface area contributed by atoms with E-state index in [0.717, 1.165) is 0 Å². The van der Waals surface area contributed by atoms with Gasteiger partial charge in [-0.15, -0.1) is 0 Å². The minimum atomic E-state index is 0. The van der Waals surface area contributed by atoms with Gasteiger partial charge in [-0.1, -0.05) is 48.6 Å². The van der Waals surface area contributed by atoms with Crippen molar-refractivity contribution in [2.75, 3.05) is 0 Å². The van der Waals surface area contributed by atoms with E-state index in [0.29, 0.717) is 5.92 Å². The fraction of sp³-hybridized carbons (Fsp3) is 0.200. The first-order chi connectivity index (χ1) is 4.93. The summed E-state index contributed by atoms with van der Waals surface area (Å²) < 4.78 is 0. The molecule has 1 rings (SSSR count). The van der Waals surface area contributed by atoms with Gasteiger partial charge in [0.1, 0.15) is 0 Å². The van der Waals surface area contributed by atoms with Crippen molar-refractivity contribution in [3.8, 4) is 0 Å². The molecule has 0 bridgehead atoms. The molecule has 56 valence electrons. The molecule has 0 heterocycles. The maximum Gasteiger partial charge on any atom is 0.0136 e. The Labute approximate surface area is 83.3 Å². The first-order valence-corrected chi connectivity index (χ1v) is 3.58. The zero-order valence-corrected chi connectivity index (χ0v) is 8.26. The number of allylic oxidation sites excluding steroid dienone is 8. The van der Waals surface area contributed by atoms with Crippen LogP contribution < -0.4 is 0 Å². The van der Waals surface area contributed by atoms with Gasteiger partial charge in [0.05, 0.1) is 0 Å². The van der Waals surface area contributed by atoms with Gasteiger partial charge in [0.25, 0.3) is 0 Å². The quantitative estimate of drug-likeness (QED) is 0.452. The van der Waals surface area contributed by atoms with Gasteiger partial charge in [-0.3, -0.25) is 0 Å². The van der Waals surface area contributed by atoms with Crippen molar-refractivity contribution in [3.63, 3.8) is 0 Å². The van der Waals surface area contributed by atoms with Crippen LogP contribution in [0.2, 0.25) is 0 Å². The topological polar surface area (TPSA) is 0 Å². The molecule has 0 N–H and O–H groups in total. The SMILES string of the molecule is CC=CC=CC1C=CC=C1.[Ti]. The summed E-state index contributed by atoms with van der Waals surface area (Å²) in [7, 11) is 0. The van der Waals surface area contributed by atoms with Crippen LogP contribution in [-0.2, 0) is 21.7 Å². The first kappa shape index (κ1) is 10.7. The number of hydrogen-bond acceptors (Lipinski definition) is 0. The van der Waals surface area contributed by atoms with Crippen LogP contribution in [0.1, 0.15) is 6.92 Å². The molecule has 0 saturated heterocycles. The van der Waals surface area contributed by atoms with E-state index in [2.05, 4.69) is 36.5 Å². The Morgan fingerprint density at radius 1 is 1.09 bits per heavy atom. The molecule has 1 heteroatoms. The summed E-state index contributed by atoms with van der Waals surface area (Å²) in [5.41, 5.74) is 0. The molecule has 11 heavy (non-hydrogen) atoms. The maximum atomic E-state index is 2.17. The van der Waals surface area contributed by atoms with Crippen molar-refractivity contribution < 1.29 is 21.7 Å². The molecule has 0 aromatic heterocycles. The average Bonchev–Trinajstić information content (AvgIpc) is 2.41. The van der Waals surface area contributed by atoms with E-state index in [1.54, 1.807) is 0 Å². The third-order valence-corrected chi connectivity index (χ3v) is 1.41. The van der Waals surface area contributed by atoms with E-state index in [-0.39, 0.29) is 21.7 Å². The molecule has 0 unspecified atom stereocenters. The van der Waals surface area contributed by atoms with Crippen molar-refractivity contribution in [1.29, 1.82) is 0 Å². The molecular weight excluding hydrogens is 168 g/mol. The molecule has 0 fully saturated rings. The van der Waals surface area contributed by atoms with Crippen LogP contribution in [0, 0.1) is 5.92 Å². The molecule has 0 aromatic carbocycles. The van der Waals surface area contributed by atoms with Crippen LogP contribution in [0.5, 0.6) is 0 Å². The molecule has 0 nitrogen and oxygen atoms in total. The third-order valence-electron chi connectivity index (χ3n) is 1.41. The van der Waals surface area contributed by atoms with Gasteiger partial charge < -0.3 is 0 Å². The molecular formula is C10H12Ti. The second kappa shape index (κ2) is 6.39. The molecule has 0 aliphatic heterocycles. The Balaban J connectivity index is 0.000001000. The van der Waals surface area contributed by atoms with Crippen LogP contribution in [0.3, 0.4) is 0 Å². The summed E-state index contributed by atoms with van der Waals surface area (Å²) in [6, 6.07) is 0.